The van der Waals surface area contributed by atoms with Crippen LogP contribution in [0.1, 0.15) is 18.2 Å². The third-order valence-corrected chi connectivity index (χ3v) is 4.26. The third kappa shape index (κ3) is 6.02. The number of carbonyl (C=O) groups is 2. The van der Waals surface area contributed by atoms with Crippen LogP contribution < -0.4 is 5.32 Å². The molecule has 0 radical (unpaired) electrons. The van der Waals surface area contributed by atoms with E-state index in [1.54, 1.807) is 11.0 Å². The minimum absolute atomic E-state index is 0.00904. The van der Waals surface area contributed by atoms with Crippen molar-refractivity contribution in [3.8, 4) is 0 Å². The molecule has 1 aromatic carbocycles. The molecule has 0 unspecified atom stereocenters. The Morgan fingerprint density at radius 3 is 2.44 bits per heavy atom. The zero-order valence-corrected chi connectivity index (χ0v) is 16.1. The summed E-state index contributed by atoms with van der Waals surface area (Å²) in [6.45, 7) is 7.35. The molecule has 144 valence electrons. The Hall–Kier alpha value is -3.02. The van der Waals surface area contributed by atoms with Crippen molar-refractivity contribution in [2.24, 2.45) is 7.05 Å². The van der Waals surface area contributed by atoms with Crippen LogP contribution in [0.4, 0.5) is 4.79 Å². The maximum absolute atomic E-state index is 13.0. The smallest absolute Gasteiger partial charge is 0.318 e. The van der Waals surface area contributed by atoms with Gasteiger partial charge in [0.1, 0.15) is 6.54 Å². The van der Waals surface area contributed by atoms with E-state index in [1.165, 1.54) is 4.90 Å². The average molecular weight is 368 g/mol. The Balaban J connectivity index is 2.17. The molecule has 3 amide bonds. The van der Waals surface area contributed by atoms with Gasteiger partial charge in [-0.15, -0.1) is 6.58 Å². The van der Waals surface area contributed by atoms with Crippen LogP contribution in [-0.2, 0) is 24.9 Å². The largest absolute Gasteiger partial charge is 0.353 e. The number of amides is 3. The number of aromatic nitrogens is 1. The topological polar surface area (TPSA) is 57.6 Å². The van der Waals surface area contributed by atoms with Crippen molar-refractivity contribution in [2.75, 3.05) is 19.6 Å². The van der Waals surface area contributed by atoms with E-state index in [1.807, 2.05) is 67.2 Å². The number of rotatable bonds is 9. The van der Waals surface area contributed by atoms with Crippen LogP contribution in [0, 0.1) is 0 Å². The molecule has 0 aliphatic carbocycles. The maximum atomic E-state index is 13.0. The molecule has 27 heavy (non-hydrogen) atoms. The van der Waals surface area contributed by atoms with E-state index in [2.05, 4.69) is 11.9 Å². The summed E-state index contributed by atoms with van der Waals surface area (Å²) in [7, 11) is 1.96. The Bertz CT molecular complexity index is 755. The van der Waals surface area contributed by atoms with Crippen LogP contribution in [-0.4, -0.2) is 45.9 Å². The molecule has 1 N–H and O–H groups in total. The van der Waals surface area contributed by atoms with Crippen molar-refractivity contribution in [1.82, 2.24) is 19.7 Å². The first-order chi connectivity index (χ1) is 13.0. The van der Waals surface area contributed by atoms with Crippen LogP contribution in [0.3, 0.4) is 0 Å². The van der Waals surface area contributed by atoms with E-state index in [9.17, 15) is 9.59 Å². The number of nitrogens with one attached hydrogen (secondary N) is 1. The first-order valence-corrected chi connectivity index (χ1v) is 9.10. The molecule has 0 bridgehead atoms. The van der Waals surface area contributed by atoms with Crippen molar-refractivity contribution in [1.29, 1.82) is 0 Å². The summed E-state index contributed by atoms with van der Waals surface area (Å²) in [4.78, 5) is 28.5. The van der Waals surface area contributed by atoms with Gasteiger partial charge >= 0.3 is 6.03 Å². The molecule has 0 fully saturated rings. The average Bonchev–Trinajstić information content (AvgIpc) is 3.06. The summed E-state index contributed by atoms with van der Waals surface area (Å²) < 4.78 is 2.00. The monoisotopic (exact) mass is 368 g/mol. The summed E-state index contributed by atoms with van der Waals surface area (Å²) >= 11 is 0. The normalized spacial score (nSPS) is 10.3. The second-order valence-electron chi connectivity index (χ2n) is 6.35. The van der Waals surface area contributed by atoms with Gasteiger partial charge in [0.15, 0.2) is 0 Å². The molecular weight excluding hydrogens is 340 g/mol. The van der Waals surface area contributed by atoms with Crippen LogP contribution in [0.2, 0.25) is 0 Å². The van der Waals surface area contributed by atoms with Crippen molar-refractivity contribution in [2.45, 2.75) is 20.0 Å². The second kappa shape index (κ2) is 10.2. The lowest BCUT2D eigenvalue weighted by Crippen LogP contribution is -2.46. The molecule has 6 nitrogen and oxygen atoms in total. The first kappa shape index (κ1) is 20.3. The highest BCUT2D eigenvalue weighted by molar-refractivity contribution is 5.84. The minimum Gasteiger partial charge on any atom is -0.353 e. The third-order valence-electron chi connectivity index (χ3n) is 4.26. The van der Waals surface area contributed by atoms with E-state index in [0.717, 1.165) is 11.3 Å². The molecule has 2 aromatic rings. The van der Waals surface area contributed by atoms with Gasteiger partial charge in [-0.2, -0.15) is 0 Å². The van der Waals surface area contributed by atoms with E-state index in [0.29, 0.717) is 26.2 Å². The second-order valence-corrected chi connectivity index (χ2v) is 6.35. The van der Waals surface area contributed by atoms with E-state index in [4.69, 9.17) is 0 Å². The zero-order valence-electron chi connectivity index (χ0n) is 16.1. The molecular formula is C21H28N4O2. The van der Waals surface area contributed by atoms with Crippen molar-refractivity contribution in [3.63, 3.8) is 0 Å². The molecule has 0 atom stereocenters. The fourth-order valence-electron chi connectivity index (χ4n) is 2.79. The van der Waals surface area contributed by atoms with Gasteiger partial charge in [-0.25, -0.2) is 4.79 Å². The quantitative estimate of drug-likeness (QED) is 0.692. The molecule has 1 aromatic heterocycles. The highest BCUT2D eigenvalue weighted by atomic mass is 16.2. The molecule has 2 rings (SSSR count). The number of urea groups is 1. The molecule has 1 heterocycles. The van der Waals surface area contributed by atoms with Crippen molar-refractivity contribution >= 4 is 11.9 Å². The summed E-state index contributed by atoms with van der Waals surface area (Å²) in [5.41, 5.74) is 2.08. The standard InChI is InChI=1S/C21H28N4O2/c1-4-13-24(21(27)22-5-2)17-20(26)25(15-18-10-7-6-8-11-18)16-19-12-9-14-23(19)3/h4,6-12,14H,1,5,13,15-17H2,2-3H3,(H,22,27). The lowest BCUT2D eigenvalue weighted by atomic mass is 10.2. The zero-order chi connectivity index (χ0) is 19.6. The van der Waals surface area contributed by atoms with Gasteiger partial charge < -0.3 is 19.7 Å². The minimum atomic E-state index is -0.260. The molecule has 0 spiro atoms. The highest BCUT2D eigenvalue weighted by Crippen LogP contribution is 2.11. The number of hydrogen-bond acceptors (Lipinski definition) is 2. The molecule has 0 saturated heterocycles. The maximum Gasteiger partial charge on any atom is 0.318 e. The van der Waals surface area contributed by atoms with Gasteiger partial charge in [0.2, 0.25) is 5.91 Å². The van der Waals surface area contributed by atoms with Crippen LogP contribution in [0.15, 0.2) is 61.3 Å². The fraction of sp³-hybridized carbons (Fsp3) is 0.333. The van der Waals surface area contributed by atoms with Crippen LogP contribution in [0.5, 0.6) is 0 Å². The predicted octanol–water partition coefficient (Wildman–Crippen LogP) is 2.77. The van der Waals surface area contributed by atoms with Gasteiger partial charge in [-0.05, 0) is 24.6 Å². The number of carbonyl (C=O) groups excluding carboxylic acids is 2. The van der Waals surface area contributed by atoms with E-state index in [-0.39, 0.29) is 18.5 Å². The molecule has 0 aliphatic heterocycles. The number of benzene rings is 1. The van der Waals surface area contributed by atoms with Crippen LogP contribution >= 0.6 is 0 Å². The van der Waals surface area contributed by atoms with Gasteiger partial charge in [-0.3, -0.25) is 4.79 Å². The Morgan fingerprint density at radius 1 is 1.11 bits per heavy atom. The van der Waals surface area contributed by atoms with Crippen LogP contribution in [0.25, 0.3) is 0 Å². The molecule has 6 heteroatoms. The lowest BCUT2D eigenvalue weighted by molar-refractivity contribution is -0.133. The summed E-state index contributed by atoms with van der Waals surface area (Å²) in [5.74, 6) is -0.104. The number of nitrogens with zero attached hydrogens (tertiary/aromatic N) is 3. The predicted molar refractivity (Wildman–Crippen MR) is 107 cm³/mol. The van der Waals surface area contributed by atoms with Crippen molar-refractivity contribution in [3.05, 3.63) is 72.6 Å². The Morgan fingerprint density at radius 2 is 1.85 bits per heavy atom. The fourth-order valence-corrected chi connectivity index (χ4v) is 2.79. The summed E-state index contributed by atoms with van der Waals surface area (Å²) in [5, 5.41) is 2.74. The number of aryl methyl sites for hydroxylation is 1. The first-order valence-electron chi connectivity index (χ1n) is 9.10. The van der Waals surface area contributed by atoms with Gasteiger partial charge in [-0.1, -0.05) is 36.4 Å². The highest BCUT2D eigenvalue weighted by Gasteiger charge is 2.21. The van der Waals surface area contributed by atoms with E-state index < -0.39 is 0 Å². The van der Waals surface area contributed by atoms with E-state index >= 15 is 0 Å². The lowest BCUT2D eigenvalue weighted by Gasteiger charge is -2.27. The van der Waals surface area contributed by atoms with Gasteiger partial charge in [0.05, 0.1) is 6.54 Å². The molecule has 0 saturated carbocycles. The SMILES string of the molecule is C=CCN(CC(=O)N(Cc1ccccc1)Cc1cccn1C)C(=O)NCC. The number of hydrogen-bond donors (Lipinski definition) is 1. The van der Waals surface area contributed by atoms with Crippen molar-refractivity contribution < 1.29 is 9.59 Å². The Labute approximate surface area is 161 Å². The summed E-state index contributed by atoms with van der Waals surface area (Å²) in [6.07, 6.45) is 3.58. The Kier molecular flexibility index (Phi) is 7.67. The van der Waals surface area contributed by atoms with Gasteiger partial charge in [0, 0.05) is 38.6 Å². The summed E-state index contributed by atoms with van der Waals surface area (Å²) in [6, 6.07) is 13.6. The molecule has 0 aliphatic rings. The van der Waals surface area contributed by atoms with Gasteiger partial charge in [0.25, 0.3) is 0 Å².